The Morgan fingerprint density at radius 1 is 1.26 bits per heavy atom. The van der Waals surface area contributed by atoms with E-state index >= 15 is 0 Å². The van der Waals surface area contributed by atoms with Crippen LogP contribution in [0.5, 0.6) is 0 Å². The average molecular weight is 343 g/mol. The summed E-state index contributed by atoms with van der Waals surface area (Å²) in [6, 6.07) is 0. The van der Waals surface area contributed by atoms with E-state index in [-0.39, 0.29) is 5.92 Å². The average Bonchev–Trinajstić information content (AvgIpc) is 3.15. The Morgan fingerprint density at radius 2 is 2.04 bits per heavy atom. The lowest BCUT2D eigenvalue weighted by Gasteiger charge is -2.31. The number of hydrogen-bond donors (Lipinski definition) is 2. The lowest BCUT2D eigenvalue weighted by atomic mass is 9.98. The van der Waals surface area contributed by atoms with E-state index in [0.29, 0.717) is 24.9 Å². The van der Waals surface area contributed by atoms with Crippen molar-refractivity contribution in [2.24, 2.45) is 11.1 Å². The fourth-order valence-corrected chi connectivity index (χ4v) is 4.04. The second-order valence-corrected chi connectivity index (χ2v) is 8.04. The van der Waals surface area contributed by atoms with Crippen LogP contribution in [0.15, 0.2) is 4.52 Å². The summed E-state index contributed by atoms with van der Waals surface area (Å²) in [5.74, 6) is 2.23. The summed E-state index contributed by atoms with van der Waals surface area (Å²) in [7, 11) is -3.62. The molecule has 1 aliphatic carbocycles. The molecule has 2 heterocycles. The molecule has 3 rings (SSSR count). The number of piperidine rings is 1. The van der Waals surface area contributed by atoms with E-state index < -0.39 is 10.2 Å². The van der Waals surface area contributed by atoms with Crippen molar-refractivity contribution in [3.63, 3.8) is 0 Å². The smallest absolute Gasteiger partial charge is 0.274 e. The maximum absolute atomic E-state index is 11.0. The predicted molar refractivity (Wildman–Crippen MR) is 84.6 cm³/mol. The van der Waals surface area contributed by atoms with E-state index in [1.165, 1.54) is 12.8 Å². The normalized spacial score (nSPS) is 24.3. The summed E-state index contributed by atoms with van der Waals surface area (Å²) in [5, 5.41) is 9.12. The van der Waals surface area contributed by atoms with Crippen LogP contribution in [-0.4, -0.2) is 43.1 Å². The van der Waals surface area contributed by atoms with Crippen LogP contribution in [0, 0.1) is 5.92 Å². The van der Waals surface area contributed by atoms with Crippen LogP contribution in [0.1, 0.15) is 56.2 Å². The molecule has 1 unspecified atom stereocenters. The van der Waals surface area contributed by atoms with Gasteiger partial charge in [0.15, 0.2) is 5.82 Å². The number of rotatable bonds is 6. The quantitative estimate of drug-likeness (QED) is 0.787. The Bertz CT molecular complexity index is 612. The van der Waals surface area contributed by atoms with Gasteiger partial charge >= 0.3 is 0 Å². The minimum absolute atomic E-state index is 0.263. The highest BCUT2D eigenvalue weighted by Gasteiger charge is 2.25. The van der Waals surface area contributed by atoms with Crippen LogP contribution < -0.4 is 9.86 Å². The third-order valence-corrected chi connectivity index (χ3v) is 5.31. The van der Waals surface area contributed by atoms with Gasteiger partial charge in [-0.2, -0.15) is 13.4 Å². The van der Waals surface area contributed by atoms with Crippen molar-refractivity contribution in [3.8, 4) is 0 Å². The van der Waals surface area contributed by atoms with Crippen LogP contribution in [0.25, 0.3) is 0 Å². The van der Waals surface area contributed by atoms with Gasteiger partial charge in [-0.15, -0.1) is 0 Å². The molecule has 1 saturated carbocycles. The Kier molecular flexibility index (Phi) is 5.30. The Labute approximate surface area is 137 Å². The first-order chi connectivity index (χ1) is 11.0. The van der Waals surface area contributed by atoms with Crippen molar-refractivity contribution in [2.75, 3.05) is 19.6 Å². The van der Waals surface area contributed by atoms with Gasteiger partial charge in [-0.3, -0.25) is 4.90 Å². The van der Waals surface area contributed by atoms with Gasteiger partial charge in [-0.1, -0.05) is 18.0 Å². The monoisotopic (exact) mass is 343 g/mol. The maximum Gasteiger partial charge on any atom is 0.274 e. The first-order valence-corrected chi connectivity index (χ1v) is 9.86. The number of aromatic nitrogens is 2. The third kappa shape index (κ3) is 4.97. The molecule has 1 aromatic rings. The van der Waals surface area contributed by atoms with Gasteiger partial charge in [0.05, 0.1) is 6.54 Å². The SMILES string of the molecule is NS(=O)(=O)NCC1CCCN(Cc2nc(C3CCCC3)no2)C1. The molecular formula is C14H25N5O3S. The fourth-order valence-electron chi connectivity index (χ4n) is 3.57. The van der Waals surface area contributed by atoms with Gasteiger partial charge in [0.2, 0.25) is 5.89 Å². The van der Waals surface area contributed by atoms with E-state index in [1.54, 1.807) is 0 Å². The number of nitrogens with zero attached hydrogens (tertiary/aromatic N) is 3. The molecule has 0 spiro atoms. The van der Waals surface area contributed by atoms with Crippen LogP contribution >= 0.6 is 0 Å². The zero-order chi connectivity index (χ0) is 16.3. The molecule has 0 amide bonds. The minimum atomic E-state index is -3.62. The zero-order valence-electron chi connectivity index (χ0n) is 13.3. The molecule has 1 saturated heterocycles. The van der Waals surface area contributed by atoms with Gasteiger partial charge in [-0.25, -0.2) is 9.86 Å². The summed E-state index contributed by atoms with van der Waals surface area (Å²) < 4.78 is 29.8. The maximum atomic E-state index is 11.0. The lowest BCUT2D eigenvalue weighted by molar-refractivity contribution is 0.151. The number of nitrogens with one attached hydrogen (secondary N) is 1. The highest BCUT2D eigenvalue weighted by atomic mass is 32.2. The molecule has 23 heavy (non-hydrogen) atoms. The molecule has 2 aliphatic rings. The third-order valence-electron chi connectivity index (χ3n) is 4.74. The molecule has 1 atom stereocenters. The second kappa shape index (κ2) is 7.25. The molecule has 9 heteroatoms. The first kappa shape index (κ1) is 16.8. The topological polar surface area (TPSA) is 114 Å². The molecule has 1 aliphatic heterocycles. The fraction of sp³-hybridized carbons (Fsp3) is 0.857. The van der Waals surface area contributed by atoms with Gasteiger partial charge in [-0.05, 0) is 38.1 Å². The number of nitrogens with two attached hydrogens (primary N) is 1. The van der Waals surface area contributed by atoms with E-state index in [2.05, 4.69) is 19.8 Å². The molecule has 0 radical (unpaired) electrons. The summed E-state index contributed by atoms with van der Waals surface area (Å²) >= 11 is 0. The highest BCUT2D eigenvalue weighted by molar-refractivity contribution is 7.87. The molecule has 0 bridgehead atoms. The largest absolute Gasteiger partial charge is 0.338 e. The van der Waals surface area contributed by atoms with Crippen molar-refractivity contribution in [1.29, 1.82) is 0 Å². The van der Waals surface area contributed by atoms with Crippen LogP contribution in [0.4, 0.5) is 0 Å². The summed E-state index contributed by atoms with van der Waals surface area (Å²) in [4.78, 5) is 6.79. The van der Waals surface area contributed by atoms with E-state index in [4.69, 9.17) is 9.66 Å². The highest BCUT2D eigenvalue weighted by Crippen LogP contribution is 2.32. The first-order valence-electron chi connectivity index (χ1n) is 8.32. The predicted octanol–water partition coefficient (Wildman–Crippen LogP) is 0.732. The van der Waals surface area contributed by atoms with Gasteiger partial charge < -0.3 is 4.52 Å². The number of likely N-dealkylation sites (tertiary alicyclic amines) is 1. The van der Waals surface area contributed by atoms with Crippen molar-refractivity contribution in [1.82, 2.24) is 19.8 Å². The van der Waals surface area contributed by atoms with E-state index in [0.717, 1.165) is 44.6 Å². The number of hydrogen-bond acceptors (Lipinski definition) is 6. The summed E-state index contributed by atoms with van der Waals surface area (Å²) in [5.41, 5.74) is 0. The summed E-state index contributed by atoms with van der Waals surface area (Å²) in [6.07, 6.45) is 6.84. The standard InChI is InChI=1S/C14H25N5O3S/c15-23(20,21)16-8-11-4-3-7-19(9-11)10-13-17-14(18-22-13)12-5-1-2-6-12/h11-12,16H,1-10H2,(H2,15,20,21). The van der Waals surface area contributed by atoms with Crippen LogP contribution in [0.2, 0.25) is 0 Å². The molecular weight excluding hydrogens is 318 g/mol. The van der Waals surface area contributed by atoms with Gasteiger partial charge in [0.1, 0.15) is 0 Å². The Morgan fingerprint density at radius 3 is 2.78 bits per heavy atom. The Balaban J connectivity index is 1.51. The molecule has 0 aromatic carbocycles. The van der Waals surface area contributed by atoms with E-state index in [1.807, 2.05) is 0 Å². The zero-order valence-corrected chi connectivity index (χ0v) is 14.1. The van der Waals surface area contributed by atoms with Crippen molar-refractivity contribution in [2.45, 2.75) is 51.0 Å². The van der Waals surface area contributed by atoms with Crippen molar-refractivity contribution < 1.29 is 12.9 Å². The second-order valence-electron chi connectivity index (χ2n) is 6.66. The molecule has 130 valence electrons. The van der Waals surface area contributed by atoms with Gasteiger partial charge in [0.25, 0.3) is 10.2 Å². The van der Waals surface area contributed by atoms with Crippen molar-refractivity contribution >= 4 is 10.2 Å². The molecule has 8 nitrogen and oxygen atoms in total. The summed E-state index contributed by atoms with van der Waals surface area (Å²) in [6.45, 7) is 2.79. The molecule has 3 N–H and O–H groups in total. The van der Waals surface area contributed by atoms with Crippen LogP contribution in [0.3, 0.4) is 0 Å². The lowest BCUT2D eigenvalue weighted by Crippen LogP contribution is -2.42. The molecule has 2 fully saturated rings. The van der Waals surface area contributed by atoms with Crippen molar-refractivity contribution in [3.05, 3.63) is 11.7 Å². The Hall–Kier alpha value is -1.03. The molecule has 1 aromatic heterocycles. The van der Waals surface area contributed by atoms with Gasteiger partial charge in [0, 0.05) is 19.0 Å². The minimum Gasteiger partial charge on any atom is -0.338 e. The van der Waals surface area contributed by atoms with E-state index in [9.17, 15) is 8.42 Å². The van der Waals surface area contributed by atoms with Crippen LogP contribution in [-0.2, 0) is 16.8 Å².